The first kappa shape index (κ1) is 19.0. The number of urea groups is 1. The van der Waals surface area contributed by atoms with E-state index in [9.17, 15) is 9.59 Å². The summed E-state index contributed by atoms with van der Waals surface area (Å²) in [5.41, 5.74) is 0.820. The zero-order valence-electron chi connectivity index (χ0n) is 14.7. The van der Waals surface area contributed by atoms with Crippen LogP contribution in [0.25, 0.3) is 0 Å². The summed E-state index contributed by atoms with van der Waals surface area (Å²) in [5, 5.41) is 12.9. The molecule has 6 nitrogen and oxygen atoms in total. The lowest BCUT2D eigenvalue weighted by atomic mass is 9.74. The van der Waals surface area contributed by atoms with Gasteiger partial charge in [0.1, 0.15) is 0 Å². The fourth-order valence-corrected chi connectivity index (χ4v) is 4.22. The van der Waals surface area contributed by atoms with Gasteiger partial charge in [-0.1, -0.05) is 29.8 Å². The highest BCUT2D eigenvalue weighted by Gasteiger charge is 2.37. The number of ether oxygens (including phenoxy) is 1. The third kappa shape index (κ3) is 4.13. The predicted molar refractivity (Wildman–Crippen MR) is 98.5 cm³/mol. The summed E-state index contributed by atoms with van der Waals surface area (Å²) in [6.07, 6.45) is 2.62. The van der Waals surface area contributed by atoms with Crippen LogP contribution in [0.3, 0.4) is 0 Å². The van der Waals surface area contributed by atoms with Gasteiger partial charge >= 0.3 is 12.0 Å². The first-order chi connectivity index (χ1) is 12.5. The smallest absolute Gasteiger partial charge is 0.317 e. The SMILES string of the molecule is O=C(O)C1CCN(C(=O)NCC2(c3ccccc3Cl)CCOCC2)CC1. The highest BCUT2D eigenvalue weighted by atomic mass is 35.5. The van der Waals surface area contributed by atoms with Gasteiger partial charge in [-0.15, -0.1) is 0 Å². The van der Waals surface area contributed by atoms with E-state index in [-0.39, 0.29) is 17.4 Å². The molecule has 0 aliphatic carbocycles. The summed E-state index contributed by atoms with van der Waals surface area (Å²) in [4.78, 5) is 25.3. The van der Waals surface area contributed by atoms with Gasteiger partial charge in [0.05, 0.1) is 5.92 Å². The van der Waals surface area contributed by atoms with E-state index in [1.54, 1.807) is 4.90 Å². The number of aliphatic carboxylic acids is 1. The van der Waals surface area contributed by atoms with Crippen LogP contribution in [0.1, 0.15) is 31.2 Å². The molecular formula is C19H25ClN2O4. The Morgan fingerprint density at radius 1 is 1.23 bits per heavy atom. The van der Waals surface area contributed by atoms with Crippen LogP contribution in [0, 0.1) is 5.92 Å². The molecule has 142 valence electrons. The van der Waals surface area contributed by atoms with Gasteiger partial charge in [0.15, 0.2) is 0 Å². The molecule has 0 atom stereocenters. The minimum atomic E-state index is -0.773. The average Bonchev–Trinajstić information content (AvgIpc) is 2.67. The number of piperidine rings is 1. The third-order valence-corrected chi connectivity index (χ3v) is 5.93. The fourth-order valence-electron chi connectivity index (χ4n) is 3.88. The predicted octanol–water partition coefficient (Wildman–Crippen LogP) is 2.89. The second-order valence-electron chi connectivity index (χ2n) is 7.13. The van der Waals surface area contributed by atoms with Gasteiger partial charge in [-0.3, -0.25) is 4.79 Å². The number of hydrogen-bond acceptors (Lipinski definition) is 3. The quantitative estimate of drug-likeness (QED) is 0.841. The molecule has 2 N–H and O–H groups in total. The zero-order valence-corrected chi connectivity index (χ0v) is 15.5. The lowest BCUT2D eigenvalue weighted by Crippen LogP contribution is -2.50. The Morgan fingerprint density at radius 2 is 1.88 bits per heavy atom. The molecule has 0 spiro atoms. The molecule has 2 heterocycles. The second kappa shape index (κ2) is 8.27. The third-order valence-electron chi connectivity index (χ3n) is 5.60. The summed E-state index contributed by atoms with van der Waals surface area (Å²) in [6, 6.07) is 7.65. The average molecular weight is 381 g/mol. The summed E-state index contributed by atoms with van der Waals surface area (Å²) < 4.78 is 5.52. The van der Waals surface area contributed by atoms with Crippen molar-refractivity contribution >= 4 is 23.6 Å². The van der Waals surface area contributed by atoms with E-state index in [1.807, 2.05) is 24.3 Å². The van der Waals surface area contributed by atoms with Crippen molar-refractivity contribution in [3.8, 4) is 0 Å². The molecular weight excluding hydrogens is 356 g/mol. The molecule has 2 aliphatic heterocycles. The molecule has 1 aromatic rings. The van der Waals surface area contributed by atoms with Gasteiger partial charge < -0.3 is 20.1 Å². The number of carbonyl (C=O) groups excluding carboxylic acids is 1. The summed E-state index contributed by atoms with van der Waals surface area (Å²) in [5.74, 6) is -1.12. The molecule has 26 heavy (non-hydrogen) atoms. The maximum atomic E-state index is 12.6. The van der Waals surface area contributed by atoms with Crippen molar-refractivity contribution in [3.63, 3.8) is 0 Å². The monoisotopic (exact) mass is 380 g/mol. The summed E-state index contributed by atoms with van der Waals surface area (Å²) >= 11 is 6.44. The van der Waals surface area contributed by atoms with Gasteiger partial charge in [0.2, 0.25) is 0 Å². The van der Waals surface area contributed by atoms with Crippen LogP contribution in [0.15, 0.2) is 24.3 Å². The van der Waals surface area contributed by atoms with Crippen LogP contribution in [-0.2, 0) is 14.9 Å². The van der Waals surface area contributed by atoms with Gasteiger partial charge in [-0.2, -0.15) is 0 Å². The first-order valence-electron chi connectivity index (χ1n) is 9.10. The number of rotatable bonds is 4. The van der Waals surface area contributed by atoms with Crippen molar-refractivity contribution in [1.82, 2.24) is 10.2 Å². The number of benzene rings is 1. The Morgan fingerprint density at radius 3 is 2.50 bits per heavy atom. The van der Waals surface area contributed by atoms with E-state index in [0.717, 1.165) is 18.4 Å². The molecule has 2 aliphatic rings. The molecule has 0 aromatic heterocycles. The van der Waals surface area contributed by atoms with E-state index < -0.39 is 5.97 Å². The molecule has 3 rings (SSSR count). The zero-order chi connectivity index (χ0) is 18.6. The van der Waals surface area contributed by atoms with Crippen LogP contribution in [-0.4, -0.2) is 54.9 Å². The van der Waals surface area contributed by atoms with Gasteiger partial charge in [0, 0.05) is 43.3 Å². The Hall–Kier alpha value is -1.79. The molecule has 2 fully saturated rings. The molecule has 0 bridgehead atoms. The topological polar surface area (TPSA) is 78.9 Å². The molecule has 1 aromatic carbocycles. The maximum Gasteiger partial charge on any atom is 0.317 e. The number of amides is 2. The molecule has 2 amide bonds. The Bertz CT molecular complexity index is 653. The van der Waals surface area contributed by atoms with Crippen molar-refractivity contribution in [3.05, 3.63) is 34.9 Å². The Balaban J connectivity index is 1.64. The first-order valence-corrected chi connectivity index (χ1v) is 9.48. The number of hydrogen-bond donors (Lipinski definition) is 2. The molecule has 0 radical (unpaired) electrons. The van der Waals surface area contributed by atoms with Crippen LogP contribution < -0.4 is 5.32 Å². The van der Waals surface area contributed by atoms with Crippen LogP contribution in [0.2, 0.25) is 5.02 Å². The van der Waals surface area contributed by atoms with Crippen molar-refractivity contribution in [2.75, 3.05) is 32.8 Å². The van der Waals surface area contributed by atoms with Crippen molar-refractivity contribution in [2.24, 2.45) is 5.92 Å². The minimum absolute atomic E-state index is 0.133. The number of likely N-dealkylation sites (tertiary alicyclic amines) is 1. The van der Waals surface area contributed by atoms with E-state index in [1.165, 1.54) is 0 Å². The number of carboxylic acid groups (broad SMARTS) is 1. The van der Waals surface area contributed by atoms with Gasteiger partial charge in [-0.05, 0) is 37.3 Å². The van der Waals surface area contributed by atoms with Crippen LogP contribution >= 0.6 is 11.6 Å². The summed E-state index contributed by atoms with van der Waals surface area (Å²) in [6.45, 7) is 2.74. The largest absolute Gasteiger partial charge is 0.481 e. The second-order valence-corrected chi connectivity index (χ2v) is 7.54. The molecule has 2 saturated heterocycles. The molecule has 0 unspecified atom stereocenters. The highest BCUT2D eigenvalue weighted by Crippen LogP contribution is 2.38. The fraction of sp³-hybridized carbons (Fsp3) is 0.579. The van der Waals surface area contributed by atoms with Crippen molar-refractivity contribution in [2.45, 2.75) is 31.1 Å². The van der Waals surface area contributed by atoms with E-state index in [2.05, 4.69) is 5.32 Å². The highest BCUT2D eigenvalue weighted by molar-refractivity contribution is 6.31. The Labute approximate surface area is 158 Å². The minimum Gasteiger partial charge on any atom is -0.481 e. The lowest BCUT2D eigenvalue weighted by molar-refractivity contribution is -0.143. The molecule has 7 heteroatoms. The van der Waals surface area contributed by atoms with E-state index in [4.69, 9.17) is 21.4 Å². The summed E-state index contributed by atoms with van der Waals surface area (Å²) in [7, 11) is 0. The van der Waals surface area contributed by atoms with Crippen molar-refractivity contribution < 1.29 is 19.4 Å². The number of nitrogens with zero attached hydrogens (tertiary/aromatic N) is 1. The van der Waals surface area contributed by atoms with Crippen LogP contribution in [0.4, 0.5) is 4.79 Å². The van der Waals surface area contributed by atoms with E-state index >= 15 is 0 Å². The normalized spacial score (nSPS) is 20.6. The number of nitrogens with one attached hydrogen (secondary N) is 1. The number of halogens is 1. The van der Waals surface area contributed by atoms with Crippen LogP contribution in [0.5, 0.6) is 0 Å². The maximum absolute atomic E-state index is 12.6. The standard InChI is InChI=1S/C19H25ClN2O4/c20-16-4-2-1-3-15(16)19(7-11-26-12-8-19)13-21-18(25)22-9-5-14(6-10-22)17(23)24/h1-4,14H,5-13H2,(H,21,25)(H,23,24). The van der Waals surface area contributed by atoms with Gasteiger partial charge in [-0.25, -0.2) is 4.79 Å². The van der Waals surface area contributed by atoms with E-state index in [0.29, 0.717) is 50.7 Å². The Kier molecular flexibility index (Phi) is 6.04. The molecule has 0 saturated carbocycles. The number of carbonyl (C=O) groups is 2. The number of carboxylic acids is 1. The lowest BCUT2D eigenvalue weighted by Gasteiger charge is -2.39. The van der Waals surface area contributed by atoms with Gasteiger partial charge in [0.25, 0.3) is 0 Å². The van der Waals surface area contributed by atoms with Crippen molar-refractivity contribution in [1.29, 1.82) is 0 Å².